The van der Waals surface area contributed by atoms with E-state index in [1.165, 1.54) is 0 Å². The van der Waals surface area contributed by atoms with Crippen LogP contribution in [0, 0.1) is 5.41 Å². The third-order valence-electron chi connectivity index (χ3n) is 3.11. The van der Waals surface area contributed by atoms with Gasteiger partial charge in [0.1, 0.15) is 6.61 Å². The third-order valence-corrected chi connectivity index (χ3v) is 3.11. The van der Waals surface area contributed by atoms with Gasteiger partial charge in [-0.1, -0.05) is 13.5 Å². The van der Waals surface area contributed by atoms with Gasteiger partial charge in [0, 0.05) is 13.2 Å². The van der Waals surface area contributed by atoms with Gasteiger partial charge in [0.25, 0.3) is 0 Å². The van der Waals surface area contributed by atoms with Crippen molar-refractivity contribution in [3.05, 3.63) is 12.2 Å². The van der Waals surface area contributed by atoms with Crippen molar-refractivity contribution >= 4 is 5.97 Å². The predicted octanol–water partition coefficient (Wildman–Crippen LogP) is 0.866. The Morgan fingerprint density at radius 1 is 1.15 bits per heavy atom. The van der Waals surface area contributed by atoms with E-state index >= 15 is 0 Å². The monoisotopic (exact) mass is 290 g/mol. The highest BCUT2D eigenvalue weighted by Gasteiger charge is 2.30. The summed E-state index contributed by atoms with van der Waals surface area (Å²) in [5.41, 5.74) is -0.766. The highest BCUT2D eigenvalue weighted by atomic mass is 16.7. The SMILES string of the molecule is C=C(C(=O)OCC(CC)(CO)CO)C(OCC)OCC. The summed E-state index contributed by atoms with van der Waals surface area (Å²) in [4.78, 5) is 11.9. The van der Waals surface area contributed by atoms with Gasteiger partial charge in [0.15, 0.2) is 6.29 Å². The predicted molar refractivity (Wildman–Crippen MR) is 74.0 cm³/mol. The zero-order valence-electron chi connectivity index (χ0n) is 12.6. The van der Waals surface area contributed by atoms with Crippen molar-refractivity contribution < 1.29 is 29.2 Å². The fourth-order valence-electron chi connectivity index (χ4n) is 1.43. The Kier molecular flexibility index (Phi) is 9.41. The molecule has 0 amide bonds. The van der Waals surface area contributed by atoms with Crippen LogP contribution in [0.4, 0.5) is 0 Å². The molecule has 0 aromatic rings. The van der Waals surface area contributed by atoms with Crippen molar-refractivity contribution in [3.63, 3.8) is 0 Å². The molecule has 2 N–H and O–H groups in total. The van der Waals surface area contributed by atoms with Gasteiger partial charge in [-0.25, -0.2) is 4.79 Å². The van der Waals surface area contributed by atoms with Gasteiger partial charge in [-0.15, -0.1) is 0 Å². The van der Waals surface area contributed by atoms with Gasteiger partial charge in [0.2, 0.25) is 0 Å². The Hall–Kier alpha value is -0.950. The maximum Gasteiger partial charge on any atom is 0.338 e. The first-order chi connectivity index (χ1) is 9.50. The van der Waals surface area contributed by atoms with E-state index in [2.05, 4.69) is 6.58 Å². The highest BCUT2D eigenvalue weighted by Crippen LogP contribution is 2.21. The minimum Gasteiger partial charge on any atom is -0.461 e. The maximum absolute atomic E-state index is 11.9. The van der Waals surface area contributed by atoms with Crippen LogP contribution in [0.2, 0.25) is 0 Å². The Morgan fingerprint density at radius 2 is 1.65 bits per heavy atom. The second kappa shape index (κ2) is 9.88. The summed E-state index contributed by atoms with van der Waals surface area (Å²) < 4.78 is 15.6. The Labute approximate surface area is 120 Å². The van der Waals surface area contributed by atoms with Crippen molar-refractivity contribution in [2.24, 2.45) is 5.41 Å². The molecule has 0 spiro atoms. The van der Waals surface area contributed by atoms with Crippen molar-refractivity contribution in [1.82, 2.24) is 0 Å². The molecule has 0 aliphatic heterocycles. The number of rotatable bonds is 11. The lowest BCUT2D eigenvalue weighted by Gasteiger charge is -2.28. The number of esters is 1. The average molecular weight is 290 g/mol. The van der Waals surface area contributed by atoms with Crippen molar-refractivity contribution in [1.29, 1.82) is 0 Å². The molecule has 0 aromatic heterocycles. The molecule has 0 unspecified atom stereocenters. The quantitative estimate of drug-likeness (QED) is 0.333. The van der Waals surface area contributed by atoms with Crippen LogP contribution >= 0.6 is 0 Å². The first-order valence-corrected chi connectivity index (χ1v) is 6.81. The molecule has 0 bridgehead atoms. The molecule has 0 radical (unpaired) electrons. The Bertz CT molecular complexity index is 284. The van der Waals surface area contributed by atoms with E-state index < -0.39 is 17.7 Å². The summed E-state index contributed by atoms with van der Waals surface area (Å²) in [6.07, 6.45) is -0.350. The molecule has 118 valence electrons. The van der Waals surface area contributed by atoms with Gasteiger partial charge in [-0.2, -0.15) is 0 Å². The van der Waals surface area contributed by atoms with Gasteiger partial charge < -0.3 is 24.4 Å². The van der Waals surface area contributed by atoms with Gasteiger partial charge in [-0.3, -0.25) is 0 Å². The summed E-state index contributed by atoms with van der Waals surface area (Å²) in [7, 11) is 0. The number of aliphatic hydroxyl groups is 2. The summed E-state index contributed by atoms with van der Waals surface area (Å²) in [5, 5.41) is 18.6. The molecule has 6 nitrogen and oxygen atoms in total. The maximum atomic E-state index is 11.9. The second-order valence-corrected chi connectivity index (χ2v) is 4.51. The highest BCUT2D eigenvalue weighted by molar-refractivity contribution is 5.88. The fraction of sp³-hybridized carbons (Fsp3) is 0.786. The molecule has 6 heteroatoms. The molecule has 0 fully saturated rings. The van der Waals surface area contributed by atoms with Crippen molar-refractivity contribution in [2.45, 2.75) is 33.5 Å². The number of hydrogen-bond donors (Lipinski definition) is 2. The van der Waals surface area contributed by atoms with Gasteiger partial charge >= 0.3 is 5.97 Å². The minimum atomic E-state index is -0.836. The number of carbonyl (C=O) groups is 1. The first kappa shape index (κ1) is 19.1. The van der Waals surface area contributed by atoms with Crippen LogP contribution in [0.25, 0.3) is 0 Å². The lowest BCUT2D eigenvalue weighted by atomic mass is 9.88. The van der Waals surface area contributed by atoms with Gasteiger partial charge in [0.05, 0.1) is 24.2 Å². The van der Waals surface area contributed by atoms with Crippen LogP contribution in [-0.4, -0.2) is 55.5 Å². The van der Waals surface area contributed by atoms with E-state index in [0.717, 1.165) is 0 Å². The standard InChI is InChI=1S/C14H26O6/c1-5-14(8-15,9-16)10-20-12(17)11(4)13(18-6-2)19-7-3/h13,15-16H,4-10H2,1-3H3. The molecule has 0 atom stereocenters. The van der Waals surface area contributed by atoms with E-state index in [1.807, 2.05) is 0 Å². The Morgan fingerprint density at radius 3 is 2.00 bits per heavy atom. The second-order valence-electron chi connectivity index (χ2n) is 4.51. The van der Waals surface area contributed by atoms with Crippen LogP contribution < -0.4 is 0 Å². The number of ether oxygens (including phenoxy) is 3. The summed E-state index contributed by atoms with van der Waals surface area (Å²) in [6.45, 7) is 9.13. The van der Waals surface area contributed by atoms with Gasteiger partial charge in [-0.05, 0) is 20.3 Å². The molecule has 0 aliphatic carbocycles. The first-order valence-electron chi connectivity index (χ1n) is 6.81. The molecule has 0 rings (SSSR count). The lowest BCUT2D eigenvalue weighted by Crippen LogP contribution is -2.36. The molecular weight excluding hydrogens is 264 g/mol. The summed E-state index contributed by atoms with van der Waals surface area (Å²) in [5.74, 6) is -0.656. The fourth-order valence-corrected chi connectivity index (χ4v) is 1.43. The van der Waals surface area contributed by atoms with E-state index in [9.17, 15) is 15.0 Å². The van der Waals surface area contributed by atoms with Crippen LogP contribution in [0.5, 0.6) is 0 Å². The van der Waals surface area contributed by atoms with E-state index in [1.54, 1.807) is 20.8 Å². The van der Waals surface area contributed by atoms with E-state index in [-0.39, 0.29) is 25.4 Å². The lowest BCUT2D eigenvalue weighted by molar-refractivity contribution is -0.155. The van der Waals surface area contributed by atoms with Crippen LogP contribution in [0.15, 0.2) is 12.2 Å². The molecular formula is C14H26O6. The zero-order valence-corrected chi connectivity index (χ0v) is 12.6. The summed E-state index contributed by atoms with van der Waals surface area (Å²) >= 11 is 0. The summed E-state index contributed by atoms with van der Waals surface area (Å²) in [6, 6.07) is 0. The largest absolute Gasteiger partial charge is 0.461 e. The number of aliphatic hydroxyl groups excluding tert-OH is 2. The molecule has 0 saturated heterocycles. The topological polar surface area (TPSA) is 85.2 Å². The molecule has 0 aromatic carbocycles. The Balaban J connectivity index is 4.54. The zero-order chi connectivity index (χ0) is 15.6. The van der Waals surface area contributed by atoms with Crippen molar-refractivity contribution in [3.8, 4) is 0 Å². The van der Waals surface area contributed by atoms with Crippen LogP contribution in [0.3, 0.4) is 0 Å². The average Bonchev–Trinajstić information content (AvgIpc) is 2.48. The smallest absolute Gasteiger partial charge is 0.338 e. The van der Waals surface area contributed by atoms with E-state index in [4.69, 9.17) is 14.2 Å². The minimum absolute atomic E-state index is 0.0644. The number of carbonyl (C=O) groups excluding carboxylic acids is 1. The van der Waals surface area contributed by atoms with E-state index in [0.29, 0.717) is 19.6 Å². The molecule has 0 aliphatic rings. The van der Waals surface area contributed by atoms with Crippen molar-refractivity contribution in [2.75, 3.05) is 33.0 Å². The van der Waals surface area contributed by atoms with Crippen LogP contribution in [0.1, 0.15) is 27.2 Å². The molecule has 0 heterocycles. The van der Waals surface area contributed by atoms with Crippen LogP contribution in [-0.2, 0) is 19.0 Å². The normalized spacial score (nSPS) is 11.7. The third kappa shape index (κ3) is 5.58. The molecule has 0 saturated carbocycles. The molecule has 20 heavy (non-hydrogen) atoms. The number of hydrogen-bond acceptors (Lipinski definition) is 6.